The number of sulfonamides is 1. The number of nitriles is 1. The van der Waals surface area contributed by atoms with E-state index in [0.29, 0.717) is 23.4 Å². The summed E-state index contributed by atoms with van der Waals surface area (Å²) in [7, 11) is -3.57. The number of rotatable bonds is 6. The fraction of sp³-hybridized carbons (Fsp3) is 0.286. The summed E-state index contributed by atoms with van der Waals surface area (Å²) >= 11 is 0. The second kappa shape index (κ2) is 6.52. The van der Waals surface area contributed by atoms with Crippen LogP contribution in [0.5, 0.6) is 0 Å². The highest BCUT2D eigenvalue weighted by molar-refractivity contribution is 7.88. The molecule has 1 unspecified atom stereocenters. The molecule has 2 aromatic rings. The van der Waals surface area contributed by atoms with Gasteiger partial charge in [0.1, 0.15) is 5.82 Å². The molecule has 7 heteroatoms. The van der Waals surface area contributed by atoms with Crippen molar-refractivity contribution in [3.05, 3.63) is 53.6 Å². The molecule has 21 heavy (non-hydrogen) atoms. The van der Waals surface area contributed by atoms with Crippen LogP contribution < -0.4 is 4.72 Å². The highest BCUT2D eigenvalue weighted by Crippen LogP contribution is 2.16. The maximum absolute atomic E-state index is 12.3. The molecule has 0 saturated carbocycles. The Balaban J connectivity index is 2.17. The summed E-state index contributed by atoms with van der Waals surface area (Å²) in [5.41, 5.74) is 0.857. The second-order valence-electron chi connectivity index (χ2n) is 4.58. The summed E-state index contributed by atoms with van der Waals surface area (Å²) in [6.45, 7) is 1.87. The average molecular weight is 304 g/mol. The summed E-state index contributed by atoms with van der Waals surface area (Å²) in [5, 5.41) is 9.01. The molecule has 1 atom stereocenters. The molecular weight excluding hydrogens is 288 g/mol. The summed E-state index contributed by atoms with van der Waals surface area (Å²) in [6.07, 6.45) is 3.81. The Morgan fingerprint density at radius 3 is 2.81 bits per heavy atom. The van der Waals surface area contributed by atoms with Crippen LogP contribution in [0.3, 0.4) is 0 Å². The van der Waals surface area contributed by atoms with Crippen molar-refractivity contribution in [3.8, 4) is 6.07 Å². The van der Waals surface area contributed by atoms with Gasteiger partial charge in [-0.15, -0.1) is 0 Å². The Bertz CT molecular complexity index is 733. The Labute approximate surface area is 123 Å². The molecule has 2 rings (SSSR count). The van der Waals surface area contributed by atoms with Gasteiger partial charge in [0.15, 0.2) is 0 Å². The third-order valence-corrected chi connectivity index (χ3v) is 4.40. The minimum absolute atomic E-state index is 0.228. The van der Waals surface area contributed by atoms with E-state index in [1.165, 1.54) is 0 Å². The van der Waals surface area contributed by atoms with E-state index in [4.69, 9.17) is 5.26 Å². The number of H-pyrrole nitrogens is 1. The Morgan fingerprint density at radius 1 is 1.43 bits per heavy atom. The van der Waals surface area contributed by atoms with Crippen molar-refractivity contribution in [2.24, 2.45) is 0 Å². The number of hydrogen-bond acceptors (Lipinski definition) is 4. The number of nitrogens with one attached hydrogen (secondary N) is 2. The van der Waals surface area contributed by atoms with Gasteiger partial charge in [0.05, 0.1) is 23.4 Å². The van der Waals surface area contributed by atoms with E-state index >= 15 is 0 Å². The molecule has 0 fully saturated rings. The van der Waals surface area contributed by atoms with E-state index in [1.54, 1.807) is 36.7 Å². The van der Waals surface area contributed by atoms with E-state index in [-0.39, 0.29) is 5.75 Å². The molecule has 1 aromatic carbocycles. The predicted octanol–water partition coefficient (Wildman–Crippen LogP) is 1.85. The Kier molecular flexibility index (Phi) is 4.73. The molecule has 110 valence electrons. The van der Waals surface area contributed by atoms with Gasteiger partial charge in [-0.2, -0.15) is 5.26 Å². The van der Waals surface area contributed by atoms with Gasteiger partial charge in [-0.25, -0.2) is 18.1 Å². The molecule has 0 aliphatic carbocycles. The minimum Gasteiger partial charge on any atom is -0.347 e. The molecular formula is C14H16N4O2S. The van der Waals surface area contributed by atoms with E-state index < -0.39 is 16.1 Å². The third kappa shape index (κ3) is 3.90. The molecule has 0 saturated heterocycles. The quantitative estimate of drug-likeness (QED) is 0.850. The molecule has 1 heterocycles. The van der Waals surface area contributed by atoms with Gasteiger partial charge in [0, 0.05) is 12.4 Å². The van der Waals surface area contributed by atoms with Crippen LogP contribution in [0.25, 0.3) is 0 Å². The maximum atomic E-state index is 12.3. The third-order valence-electron chi connectivity index (χ3n) is 3.06. The number of hydrogen-bond donors (Lipinski definition) is 2. The van der Waals surface area contributed by atoms with Crippen LogP contribution in [0.15, 0.2) is 36.7 Å². The highest BCUT2D eigenvalue weighted by Gasteiger charge is 2.21. The smallest absolute Gasteiger partial charge is 0.216 e. The normalized spacial score (nSPS) is 12.8. The number of aromatic amines is 1. The molecule has 2 N–H and O–H groups in total. The molecule has 0 amide bonds. The highest BCUT2D eigenvalue weighted by atomic mass is 32.2. The van der Waals surface area contributed by atoms with Crippen LogP contribution in [0.4, 0.5) is 0 Å². The standard InChI is InChI=1S/C14H16N4O2S/c1-2-13(14-16-7-8-17-14)18-21(19,20)10-12-6-4-3-5-11(12)9-15/h3-8,13,18H,2,10H2,1H3,(H,16,17). The molecule has 0 bridgehead atoms. The van der Waals surface area contributed by atoms with Crippen LogP contribution in [0.2, 0.25) is 0 Å². The Morgan fingerprint density at radius 2 is 2.19 bits per heavy atom. The number of nitrogens with zero attached hydrogens (tertiary/aromatic N) is 2. The first-order chi connectivity index (χ1) is 10.1. The fourth-order valence-electron chi connectivity index (χ4n) is 2.02. The largest absolute Gasteiger partial charge is 0.347 e. The van der Waals surface area contributed by atoms with Crippen LogP contribution in [0.1, 0.15) is 36.3 Å². The molecule has 1 aromatic heterocycles. The minimum atomic E-state index is -3.57. The average Bonchev–Trinajstić information content (AvgIpc) is 2.99. The van der Waals surface area contributed by atoms with Crippen LogP contribution in [-0.4, -0.2) is 18.4 Å². The number of aromatic nitrogens is 2. The zero-order valence-corrected chi connectivity index (χ0v) is 12.4. The van der Waals surface area contributed by atoms with E-state index in [1.807, 2.05) is 13.0 Å². The lowest BCUT2D eigenvalue weighted by Gasteiger charge is -2.15. The van der Waals surface area contributed by atoms with Crippen molar-refractivity contribution in [2.45, 2.75) is 25.1 Å². The summed E-state index contributed by atoms with van der Waals surface area (Å²) in [5.74, 6) is 0.350. The Hall–Kier alpha value is -2.17. The van der Waals surface area contributed by atoms with E-state index in [2.05, 4.69) is 14.7 Å². The van der Waals surface area contributed by atoms with E-state index in [0.717, 1.165) is 0 Å². The van der Waals surface area contributed by atoms with Crippen molar-refractivity contribution in [1.82, 2.24) is 14.7 Å². The van der Waals surface area contributed by atoms with Gasteiger partial charge in [-0.1, -0.05) is 25.1 Å². The monoisotopic (exact) mass is 304 g/mol. The van der Waals surface area contributed by atoms with Gasteiger partial charge in [0.25, 0.3) is 0 Å². The first kappa shape index (κ1) is 15.2. The predicted molar refractivity (Wildman–Crippen MR) is 78.5 cm³/mol. The lowest BCUT2D eigenvalue weighted by Crippen LogP contribution is -2.30. The van der Waals surface area contributed by atoms with Crippen LogP contribution in [-0.2, 0) is 15.8 Å². The van der Waals surface area contributed by atoms with Crippen LogP contribution >= 0.6 is 0 Å². The van der Waals surface area contributed by atoms with Crippen molar-refractivity contribution in [1.29, 1.82) is 5.26 Å². The van der Waals surface area contributed by atoms with Gasteiger partial charge in [0.2, 0.25) is 10.0 Å². The summed E-state index contributed by atoms with van der Waals surface area (Å²) in [4.78, 5) is 6.98. The first-order valence-electron chi connectivity index (χ1n) is 6.53. The topological polar surface area (TPSA) is 98.6 Å². The molecule has 0 spiro atoms. The first-order valence-corrected chi connectivity index (χ1v) is 8.18. The fourth-order valence-corrected chi connectivity index (χ4v) is 3.48. The molecule has 6 nitrogen and oxygen atoms in total. The van der Waals surface area contributed by atoms with Gasteiger partial charge in [-0.3, -0.25) is 0 Å². The zero-order valence-electron chi connectivity index (χ0n) is 11.6. The maximum Gasteiger partial charge on any atom is 0.216 e. The lowest BCUT2D eigenvalue weighted by atomic mass is 10.1. The van der Waals surface area contributed by atoms with Gasteiger partial charge >= 0.3 is 0 Å². The van der Waals surface area contributed by atoms with Crippen LogP contribution in [0, 0.1) is 11.3 Å². The SMILES string of the molecule is CCC(NS(=O)(=O)Cc1ccccc1C#N)c1ncc[nH]1. The van der Waals surface area contributed by atoms with Crippen molar-refractivity contribution < 1.29 is 8.42 Å². The lowest BCUT2D eigenvalue weighted by molar-refractivity contribution is 0.538. The number of imidazole rings is 1. The van der Waals surface area contributed by atoms with Crippen molar-refractivity contribution >= 4 is 10.0 Å². The molecule has 0 aliphatic heterocycles. The zero-order chi connectivity index (χ0) is 15.3. The molecule has 0 aliphatic rings. The molecule has 0 radical (unpaired) electrons. The van der Waals surface area contributed by atoms with Crippen molar-refractivity contribution in [2.75, 3.05) is 0 Å². The van der Waals surface area contributed by atoms with Gasteiger partial charge < -0.3 is 4.98 Å². The second-order valence-corrected chi connectivity index (χ2v) is 6.34. The van der Waals surface area contributed by atoms with Gasteiger partial charge in [-0.05, 0) is 18.1 Å². The summed E-state index contributed by atoms with van der Waals surface area (Å²) in [6, 6.07) is 8.28. The number of benzene rings is 1. The van der Waals surface area contributed by atoms with Crippen molar-refractivity contribution in [3.63, 3.8) is 0 Å². The summed E-state index contributed by atoms with van der Waals surface area (Å²) < 4.78 is 27.2. The van der Waals surface area contributed by atoms with E-state index in [9.17, 15) is 8.42 Å².